The molecule has 3 unspecified atom stereocenters. The SMILES string of the molecule is C[Si](C)(C)c1ccc(-c2ccc(N(c3ccc4c(c3)C3(CCCCC3)c3ccccc3-4)c3ccc4c(c3)C3(c5ccccc5-4)[C@@H]4CC5C[C@@H]6C[C@@H]3CC56C4)cc2)cc1. The summed E-state index contributed by atoms with van der Waals surface area (Å²) >= 11 is 0. The van der Waals surface area contributed by atoms with Crippen LogP contribution in [-0.2, 0) is 10.8 Å². The third-order valence-corrected chi connectivity index (χ3v) is 19.7. The minimum atomic E-state index is -1.36. The molecule has 1 nitrogen and oxygen atoms in total. The van der Waals surface area contributed by atoms with Gasteiger partial charge in [-0.25, -0.2) is 0 Å². The number of hydrogen-bond acceptors (Lipinski definition) is 1. The Hall–Kier alpha value is -4.66. The first-order valence-corrected chi connectivity index (χ1v) is 26.3. The lowest BCUT2D eigenvalue weighted by Gasteiger charge is -2.50. The van der Waals surface area contributed by atoms with E-state index < -0.39 is 8.07 Å². The number of anilines is 3. The average molecular weight is 770 g/mol. The Kier molecular flexibility index (Phi) is 6.93. The van der Waals surface area contributed by atoms with Gasteiger partial charge in [-0.3, -0.25) is 0 Å². The summed E-state index contributed by atoms with van der Waals surface area (Å²) in [6, 6.07) is 53.2. The number of nitrogens with zero attached hydrogens (tertiary/aromatic N) is 1. The van der Waals surface area contributed by atoms with Gasteiger partial charge in [0.2, 0.25) is 0 Å². The third kappa shape index (κ3) is 4.33. The zero-order chi connectivity index (χ0) is 38.6. The largest absolute Gasteiger partial charge is 0.310 e. The van der Waals surface area contributed by atoms with E-state index in [1.165, 1.54) is 120 Å². The standard InChI is InChI=1S/C56H55NSi/c1-58(2,3)45-23-17-37(18-24-45)36-15-19-42(20-16-36)57(43-21-25-48-46-11-5-7-13-50(46)54(52(48)32-43)27-9-4-10-28-54)44-22-26-49-47-12-6-8-14-51(47)56(53(49)33-44)40-30-38-29-39-31-41(56)35-55(38,39)34-40/h5-8,11-26,32-33,38-41H,4,9-10,27-31,34-35H2,1-3H3/t38-,39?,40-,41-,55?,56?/m1/s1. The van der Waals surface area contributed by atoms with Gasteiger partial charge in [0.25, 0.3) is 0 Å². The van der Waals surface area contributed by atoms with Gasteiger partial charge >= 0.3 is 0 Å². The number of benzene rings is 6. The number of rotatable bonds is 5. The zero-order valence-electron chi connectivity index (χ0n) is 34.5. The Labute approximate surface area is 346 Å². The van der Waals surface area contributed by atoms with E-state index in [1.807, 2.05) is 0 Å². The van der Waals surface area contributed by atoms with Crippen molar-refractivity contribution in [3.8, 4) is 33.4 Å². The average Bonchev–Trinajstić information content (AvgIpc) is 3.87. The summed E-state index contributed by atoms with van der Waals surface area (Å²) < 4.78 is 0. The molecule has 58 heavy (non-hydrogen) atoms. The highest BCUT2D eigenvalue weighted by Gasteiger charge is 2.74. The smallest absolute Gasteiger partial charge is 0.0775 e. The van der Waals surface area contributed by atoms with Gasteiger partial charge in [-0.15, -0.1) is 0 Å². The maximum absolute atomic E-state index is 2.70. The van der Waals surface area contributed by atoms with Gasteiger partial charge in [-0.2, -0.15) is 0 Å². The summed E-state index contributed by atoms with van der Waals surface area (Å²) in [5.74, 6) is 3.45. The fourth-order valence-electron chi connectivity index (χ4n) is 15.2. The van der Waals surface area contributed by atoms with Crippen LogP contribution < -0.4 is 10.1 Å². The number of fused-ring (bicyclic) bond motifs is 14. The Bertz CT molecular complexity index is 2630. The van der Waals surface area contributed by atoms with Crippen molar-refractivity contribution in [1.29, 1.82) is 0 Å². The molecule has 3 bridgehead atoms. The molecule has 3 spiro atoms. The molecule has 0 aromatic heterocycles. The van der Waals surface area contributed by atoms with Crippen molar-refractivity contribution in [2.45, 2.75) is 94.7 Å². The molecule has 7 aliphatic carbocycles. The highest BCUT2D eigenvalue weighted by atomic mass is 28.3. The first-order valence-electron chi connectivity index (χ1n) is 22.8. The second kappa shape index (κ2) is 11.8. The predicted octanol–water partition coefficient (Wildman–Crippen LogP) is 14.3. The van der Waals surface area contributed by atoms with Gasteiger partial charge in [0.05, 0.1) is 8.07 Å². The van der Waals surface area contributed by atoms with Crippen LogP contribution in [0.1, 0.15) is 86.5 Å². The maximum Gasteiger partial charge on any atom is 0.0775 e. The first kappa shape index (κ1) is 34.2. The van der Waals surface area contributed by atoms with Crippen LogP contribution in [0.2, 0.25) is 19.6 Å². The third-order valence-electron chi connectivity index (χ3n) is 17.7. The second-order valence-corrected chi connectivity index (χ2v) is 26.0. The van der Waals surface area contributed by atoms with Gasteiger partial charge in [-0.1, -0.05) is 141 Å². The molecule has 0 saturated heterocycles. The van der Waals surface area contributed by atoms with E-state index in [4.69, 9.17) is 0 Å². The van der Waals surface area contributed by atoms with Gasteiger partial charge in [0.1, 0.15) is 0 Å². The van der Waals surface area contributed by atoms with E-state index in [2.05, 4.69) is 158 Å². The van der Waals surface area contributed by atoms with Gasteiger partial charge in [0.15, 0.2) is 0 Å². The van der Waals surface area contributed by atoms with E-state index in [0.717, 1.165) is 23.7 Å². The van der Waals surface area contributed by atoms with Crippen LogP contribution in [0.3, 0.4) is 0 Å². The van der Waals surface area contributed by atoms with Crippen LogP contribution in [0.4, 0.5) is 17.1 Å². The Morgan fingerprint density at radius 2 is 0.966 bits per heavy atom. The molecule has 6 aromatic carbocycles. The lowest BCUT2D eigenvalue weighted by atomic mass is 9.54. The minimum Gasteiger partial charge on any atom is -0.310 e. The monoisotopic (exact) mass is 769 g/mol. The van der Waals surface area contributed by atoms with Crippen molar-refractivity contribution in [2.75, 3.05) is 4.90 Å². The normalized spacial score (nSPS) is 28.5. The summed E-state index contributed by atoms with van der Waals surface area (Å²) in [4.78, 5) is 2.63. The fourth-order valence-corrected chi connectivity index (χ4v) is 16.4. The van der Waals surface area contributed by atoms with Crippen molar-refractivity contribution in [2.24, 2.45) is 29.1 Å². The predicted molar refractivity (Wildman–Crippen MR) is 245 cm³/mol. The highest BCUT2D eigenvalue weighted by Crippen LogP contribution is 2.82. The molecule has 288 valence electrons. The van der Waals surface area contributed by atoms with Gasteiger partial charge in [0, 0.05) is 27.9 Å². The van der Waals surface area contributed by atoms with Crippen molar-refractivity contribution in [3.05, 3.63) is 156 Å². The van der Waals surface area contributed by atoms with Crippen LogP contribution in [-0.4, -0.2) is 8.07 Å². The number of hydrogen-bond donors (Lipinski definition) is 0. The van der Waals surface area contributed by atoms with Crippen molar-refractivity contribution in [3.63, 3.8) is 0 Å². The Balaban J connectivity index is 0.984. The minimum absolute atomic E-state index is 0.113. The summed E-state index contributed by atoms with van der Waals surface area (Å²) in [6.07, 6.45) is 13.7. The summed E-state index contributed by atoms with van der Waals surface area (Å²) in [5, 5.41) is 1.51. The zero-order valence-corrected chi connectivity index (χ0v) is 35.5. The molecule has 5 saturated carbocycles. The summed E-state index contributed by atoms with van der Waals surface area (Å²) in [6.45, 7) is 7.30. The van der Waals surface area contributed by atoms with Crippen LogP contribution >= 0.6 is 0 Å². The van der Waals surface area contributed by atoms with Crippen molar-refractivity contribution < 1.29 is 0 Å². The highest BCUT2D eigenvalue weighted by molar-refractivity contribution is 6.88. The Morgan fingerprint density at radius 3 is 1.60 bits per heavy atom. The molecule has 0 N–H and O–H groups in total. The molecule has 6 aromatic rings. The summed E-state index contributed by atoms with van der Waals surface area (Å²) in [7, 11) is -1.36. The molecule has 5 fully saturated rings. The molecule has 0 radical (unpaired) electrons. The molecule has 2 heteroatoms. The maximum atomic E-state index is 2.70. The molecule has 7 aliphatic rings. The first-order chi connectivity index (χ1) is 28.3. The lowest BCUT2D eigenvalue weighted by Crippen LogP contribution is -2.45. The van der Waals surface area contributed by atoms with E-state index in [0.29, 0.717) is 5.41 Å². The van der Waals surface area contributed by atoms with Crippen LogP contribution in [0.15, 0.2) is 133 Å². The topological polar surface area (TPSA) is 3.24 Å². The van der Waals surface area contributed by atoms with Crippen molar-refractivity contribution >= 4 is 30.3 Å². The van der Waals surface area contributed by atoms with Crippen molar-refractivity contribution in [1.82, 2.24) is 0 Å². The molecule has 0 heterocycles. The molecule has 13 rings (SSSR count). The lowest BCUT2D eigenvalue weighted by molar-refractivity contribution is -0.00187. The van der Waals surface area contributed by atoms with Gasteiger partial charge < -0.3 is 4.90 Å². The molecular formula is C56H55NSi. The van der Waals surface area contributed by atoms with E-state index in [-0.39, 0.29) is 10.8 Å². The molecule has 0 amide bonds. The van der Waals surface area contributed by atoms with Gasteiger partial charge in [-0.05, 0) is 166 Å². The molecular weight excluding hydrogens is 715 g/mol. The fraction of sp³-hybridized carbons (Fsp3) is 0.357. The summed E-state index contributed by atoms with van der Waals surface area (Å²) in [5.41, 5.74) is 19.7. The van der Waals surface area contributed by atoms with E-state index >= 15 is 0 Å². The van der Waals surface area contributed by atoms with E-state index in [9.17, 15) is 0 Å². The molecule has 6 atom stereocenters. The molecule has 0 aliphatic heterocycles. The quantitative estimate of drug-likeness (QED) is 0.158. The van der Waals surface area contributed by atoms with E-state index in [1.54, 1.807) is 22.3 Å². The van der Waals surface area contributed by atoms with Crippen LogP contribution in [0, 0.1) is 29.1 Å². The van der Waals surface area contributed by atoms with Crippen LogP contribution in [0.5, 0.6) is 0 Å². The van der Waals surface area contributed by atoms with Crippen LogP contribution in [0.25, 0.3) is 33.4 Å². The second-order valence-electron chi connectivity index (χ2n) is 20.9. The Morgan fingerprint density at radius 1 is 0.466 bits per heavy atom.